The zero-order valence-electron chi connectivity index (χ0n) is 17.5. The molecule has 0 N–H and O–H groups in total. The maximum absolute atomic E-state index is 13.7. The Morgan fingerprint density at radius 2 is 1.36 bits per heavy atom. The van der Waals surface area contributed by atoms with Crippen LogP contribution >= 0.6 is 23.2 Å². The van der Waals surface area contributed by atoms with Gasteiger partial charge in [0.1, 0.15) is 0 Å². The molecule has 0 aliphatic heterocycles. The van der Waals surface area contributed by atoms with E-state index in [1.54, 1.807) is 54.6 Å². The summed E-state index contributed by atoms with van der Waals surface area (Å²) in [7, 11) is 0. The van der Waals surface area contributed by atoms with Crippen molar-refractivity contribution in [2.75, 3.05) is 0 Å². The van der Waals surface area contributed by atoms with Crippen LogP contribution in [0.2, 0.25) is 10.0 Å². The standard InChI is InChI=1S/C25H19Cl2F3N2O/c1-2-4-22-23(16-5-3-6-17(15-16)25(28,29)30)32(21-13-9-19(27)10-14-21)24(33)31(22)20-11-7-18(26)8-12-20/h3,5-15H,2,4H2,1H3. The third-order valence-electron chi connectivity index (χ3n) is 5.27. The molecule has 0 fully saturated rings. The van der Waals surface area contributed by atoms with Crippen molar-refractivity contribution in [1.82, 2.24) is 9.13 Å². The second-order valence-electron chi connectivity index (χ2n) is 7.53. The van der Waals surface area contributed by atoms with Gasteiger partial charge in [0.25, 0.3) is 0 Å². The Morgan fingerprint density at radius 1 is 0.818 bits per heavy atom. The molecule has 33 heavy (non-hydrogen) atoms. The number of aromatic nitrogens is 2. The number of nitrogens with zero attached hydrogens (tertiary/aromatic N) is 2. The summed E-state index contributed by atoms with van der Waals surface area (Å²) in [5.74, 6) is 0. The average molecular weight is 491 g/mol. The van der Waals surface area contributed by atoms with Gasteiger partial charge in [-0.3, -0.25) is 9.13 Å². The van der Waals surface area contributed by atoms with Crippen molar-refractivity contribution >= 4 is 23.2 Å². The van der Waals surface area contributed by atoms with Crippen molar-refractivity contribution in [3.63, 3.8) is 0 Å². The number of hydrogen-bond donors (Lipinski definition) is 0. The fraction of sp³-hybridized carbons (Fsp3) is 0.160. The van der Waals surface area contributed by atoms with Crippen LogP contribution in [0.5, 0.6) is 0 Å². The Hall–Kier alpha value is -2.96. The van der Waals surface area contributed by atoms with Crippen LogP contribution < -0.4 is 5.69 Å². The van der Waals surface area contributed by atoms with E-state index in [-0.39, 0.29) is 0 Å². The van der Waals surface area contributed by atoms with E-state index in [4.69, 9.17) is 23.2 Å². The summed E-state index contributed by atoms with van der Waals surface area (Å²) in [4.78, 5) is 13.7. The summed E-state index contributed by atoms with van der Waals surface area (Å²) in [6.45, 7) is 1.95. The van der Waals surface area contributed by atoms with Gasteiger partial charge in [0.2, 0.25) is 0 Å². The van der Waals surface area contributed by atoms with Gasteiger partial charge < -0.3 is 0 Å². The minimum absolute atomic E-state index is 0.299. The number of alkyl halides is 3. The van der Waals surface area contributed by atoms with Crippen molar-refractivity contribution in [3.05, 3.63) is 105 Å². The highest BCUT2D eigenvalue weighted by Crippen LogP contribution is 2.35. The molecule has 3 aromatic carbocycles. The van der Waals surface area contributed by atoms with Gasteiger partial charge in [0, 0.05) is 15.6 Å². The number of rotatable bonds is 5. The molecule has 0 atom stereocenters. The lowest BCUT2D eigenvalue weighted by Gasteiger charge is -2.13. The third kappa shape index (κ3) is 4.59. The van der Waals surface area contributed by atoms with E-state index in [0.29, 0.717) is 51.2 Å². The summed E-state index contributed by atoms with van der Waals surface area (Å²) in [5, 5.41) is 0.998. The molecule has 0 unspecified atom stereocenters. The lowest BCUT2D eigenvalue weighted by atomic mass is 10.0. The van der Waals surface area contributed by atoms with E-state index in [0.717, 1.165) is 12.1 Å². The van der Waals surface area contributed by atoms with Gasteiger partial charge in [0.05, 0.1) is 28.3 Å². The summed E-state index contributed by atoms with van der Waals surface area (Å²) in [6.07, 6.45) is -3.35. The van der Waals surface area contributed by atoms with Crippen LogP contribution in [0, 0.1) is 0 Å². The van der Waals surface area contributed by atoms with Crippen LogP contribution in [0.25, 0.3) is 22.6 Å². The maximum atomic E-state index is 13.7. The van der Waals surface area contributed by atoms with Gasteiger partial charge >= 0.3 is 11.9 Å². The van der Waals surface area contributed by atoms with Gasteiger partial charge in [-0.25, -0.2) is 4.79 Å². The first-order valence-electron chi connectivity index (χ1n) is 10.3. The fourth-order valence-electron chi connectivity index (χ4n) is 3.84. The van der Waals surface area contributed by atoms with Crippen molar-refractivity contribution in [1.29, 1.82) is 0 Å². The molecule has 0 saturated carbocycles. The minimum atomic E-state index is -4.51. The molecule has 0 aliphatic carbocycles. The lowest BCUT2D eigenvalue weighted by molar-refractivity contribution is -0.137. The molecule has 0 saturated heterocycles. The fourth-order valence-corrected chi connectivity index (χ4v) is 4.09. The van der Waals surface area contributed by atoms with Crippen LogP contribution in [0.1, 0.15) is 24.6 Å². The highest BCUT2D eigenvalue weighted by atomic mass is 35.5. The molecule has 8 heteroatoms. The van der Waals surface area contributed by atoms with Crippen LogP contribution in [0.15, 0.2) is 77.6 Å². The minimum Gasteiger partial charge on any atom is -0.264 e. The SMILES string of the molecule is CCCc1c(-c2cccc(C(F)(F)F)c2)n(-c2ccc(Cl)cc2)c(=O)n1-c1ccc(Cl)cc1. The molecular formula is C25H19Cl2F3N2O. The number of imidazole rings is 1. The van der Waals surface area contributed by atoms with Crippen LogP contribution in [-0.4, -0.2) is 9.13 Å². The normalized spacial score (nSPS) is 11.7. The van der Waals surface area contributed by atoms with E-state index in [1.807, 2.05) is 6.92 Å². The highest BCUT2D eigenvalue weighted by Gasteiger charge is 2.31. The predicted octanol–water partition coefficient (Wildman–Crippen LogP) is 7.57. The Bertz CT molecular complexity index is 1340. The summed E-state index contributed by atoms with van der Waals surface area (Å²) >= 11 is 12.1. The van der Waals surface area contributed by atoms with E-state index < -0.39 is 17.4 Å². The lowest BCUT2D eigenvalue weighted by Crippen LogP contribution is -2.23. The van der Waals surface area contributed by atoms with E-state index >= 15 is 0 Å². The molecule has 0 radical (unpaired) electrons. The first-order chi connectivity index (χ1) is 15.7. The molecule has 170 valence electrons. The van der Waals surface area contributed by atoms with Crippen molar-refractivity contribution in [2.45, 2.75) is 25.9 Å². The first-order valence-corrected chi connectivity index (χ1v) is 11.0. The quantitative estimate of drug-likeness (QED) is 0.283. The largest absolute Gasteiger partial charge is 0.416 e. The second kappa shape index (κ2) is 9.12. The van der Waals surface area contributed by atoms with Crippen LogP contribution in [0.3, 0.4) is 0 Å². The Balaban J connectivity index is 2.09. The summed E-state index contributed by atoms with van der Waals surface area (Å²) in [6, 6.07) is 18.4. The first kappa shape index (κ1) is 23.2. The van der Waals surface area contributed by atoms with Gasteiger partial charge in [-0.1, -0.05) is 48.7 Å². The molecule has 0 amide bonds. The number of halogens is 5. The van der Waals surface area contributed by atoms with Crippen LogP contribution in [-0.2, 0) is 12.6 Å². The van der Waals surface area contributed by atoms with Gasteiger partial charge in [-0.2, -0.15) is 13.2 Å². The van der Waals surface area contributed by atoms with Gasteiger partial charge in [-0.15, -0.1) is 0 Å². The van der Waals surface area contributed by atoms with Gasteiger partial charge in [0.15, 0.2) is 0 Å². The maximum Gasteiger partial charge on any atom is 0.416 e. The van der Waals surface area contributed by atoms with E-state index in [9.17, 15) is 18.0 Å². The Morgan fingerprint density at radius 3 is 1.88 bits per heavy atom. The van der Waals surface area contributed by atoms with Crippen LogP contribution in [0.4, 0.5) is 13.2 Å². The topological polar surface area (TPSA) is 26.9 Å². The molecule has 3 nitrogen and oxygen atoms in total. The summed E-state index contributed by atoms with van der Waals surface area (Å²) < 4.78 is 43.4. The molecule has 4 rings (SSSR count). The zero-order valence-corrected chi connectivity index (χ0v) is 19.0. The average Bonchev–Trinajstić information content (AvgIpc) is 3.06. The van der Waals surface area contributed by atoms with Crippen molar-refractivity contribution < 1.29 is 13.2 Å². The molecule has 4 aromatic rings. The Kier molecular flexibility index (Phi) is 6.41. The second-order valence-corrected chi connectivity index (χ2v) is 8.40. The highest BCUT2D eigenvalue weighted by molar-refractivity contribution is 6.30. The molecule has 1 aromatic heterocycles. The van der Waals surface area contributed by atoms with Gasteiger partial charge in [-0.05, 0) is 67.1 Å². The molecule has 0 aliphatic rings. The predicted molar refractivity (Wildman–Crippen MR) is 126 cm³/mol. The third-order valence-corrected chi connectivity index (χ3v) is 5.77. The number of benzene rings is 3. The molecular weight excluding hydrogens is 472 g/mol. The van der Waals surface area contributed by atoms with E-state index in [2.05, 4.69) is 0 Å². The molecule has 0 bridgehead atoms. The zero-order chi connectivity index (χ0) is 23.8. The summed E-state index contributed by atoms with van der Waals surface area (Å²) in [5.41, 5.74) is 1.22. The smallest absolute Gasteiger partial charge is 0.264 e. The molecule has 1 heterocycles. The molecule has 0 spiro atoms. The van der Waals surface area contributed by atoms with E-state index in [1.165, 1.54) is 15.2 Å². The monoisotopic (exact) mass is 490 g/mol. The Labute approximate surface area is 198 Å². The number of hydrogen-bond acceptors (Lipinski definition) is 1. The van der Waals surface area contributed by atoms with Crippen molar-refractivity contribution in [3.8, 4) is 22.6 Å². The van der Waals surface area contributed by atoms with Crippen molar-refractivity contribution in [2.24, 2.45) is 0 Å².